The van der Waals surface area contributed by atoms with Gasteiger partial charge in [-0.25, -0.2) is 0 Å². The number of nitrogens with two attached hydrogens (primary N) is 1. The van der Waals surface area contributed by atoms with Gasteiger partial charge in [0.1, 0.15) is 11.8 Å². The van der Waals surface area contributed by atoms with Crippen molar-refractivity contribution in [2.45, 2.75) is 25.1 Å². The molecule has 1 aliphatic carbocycles. The van der Waals surface area contributed by atoms with Crippen LogP contribution in [0.2, 0.25) is 0 Å². The fraction of sp³-hybridized carbons (Fsp3) is 0.900. The van der Waals surface area contributed by atoms with E-state index in [-0.39, 0.29) is 18.6 Å². The lowest BCUT2D eigenvalue weighted by atomic mass is 9.82. The van der Waals surface area contributed by atoms with Gasteiger partial charge in [-0.3, -0.25) is 5.41 Å². The first-order valence-corrected chi connectivity index (χ1v) is 5.47. The number of amidine groups is 1. The van der Waals surface area contributed by atoms with Crippen LogP contribution in [0.5, 0.6) is 0 Å². The van der Waals surface area contributed by atoms with E-state index in [4.69, 9.17) is 16.2 Å². The van der Waals surface area contributed by atoms with Crippen LogP contribution in [-0.2, 0) is 0 Å². The lowest BCUT2D eigenvalue weighted by Gasteiger charge is -2.35. The molecule has 0 aliphatic heterocycles. The summed E-state index contributed by atoms with van der Waals surface area (Å²) < 4.78 is 37.6. The molecule has 0 aromatic carbocycles. The van der Waals surface area contributed by atoms with Crippen molar-refractivity contribution in [3.8, 4) is 0 Å². The maximum atomic E-state index is 12.5. The fourth-order valence-corrected chi connectivity index (χ4v) is 2.05. The third-order valence-corrected chi connectivity index (χ3v) is 3.05. The highest BCUT2D eigenvalue weighted by molar-refractivity contribution is 5.80. The number of halogens is 3. The Bertz CT molecular complexity index is 276. The van der Waals surface area contributed by atoms with E-state index >= 15 is 0 Å². The van der Waals surface area contributed by atoms with Crippen LogP contribution in [0.25, 0.3) is 0 Å². The molecule has 1 aliphatic rings. The zero-order valence-corrected chi connectivity index (χ0v) is 9.67. The van der Waals surface area contributed by atoms with Crippen LogP contribution in [0.3, 0.4) is 0 Å². The summed E-state index contributed by atoms with van der Waals surface area (Å²) in [4.78, 5) is 1.52. The third-order valence-electron chi connectivity index (χ3n) is 3.05. The Labute approximate surface area is 98.1 Å². The molecule has 17 heavy (non-hydrogen) atoms. The fourth-order valence-electron chi connectivity index (χ4n) is 2.05. The molecule has 0 saturated heterocycles. The smallest absolute Gasteiger partial charge is 0.393 e. The zero-order chi connectivity index (χ0) is 13.2. The summed E-state index contributed by atoms with van der Waals surface area (Å²) in [6.45, 7) is 0.197. The Morgan fingerprint density at radius 2 is 2.06 bits per heavy atom. The monoisotopic (exact) mass is 253 g/mol. The van der Waals surface area contributed by atoms with Crippen LogP contribution in [0.1, 0.15) is 12.8 Å². The summed E-state index contributed by atoms with van der Waals surface area (Å²) in [6.07, 6.45) is -3.50. The van der Waals surface area contributed by atoms with E-state index in [0.29, 0.717) is 19.4 Å². The molecule has 1 saturated carbocycles. The Kier molecular flexibility index (Phi) is 4.37. The maximum absolute atomic E-state index is 12.5. The van der Waals surface area contributed by atoms with E-state index in [2.05, 4.69) is 0 Å². The molecule has 7 heteroatoms. The molecule has 1 rings (SSSR count). The van der Waals surface area contributed by atoms with Crippen LogP contribution in [-0.4, -0.2) is 48.3 Å². The summed E-state index contributed by atoms with van der Waals surface area (Å²) in [5.41, 5.74) is 4.97. The van der Waals surface area contributed by atoms with E-state index in [1.807, 2.05) is 0 Å². The Morgan fingerprint density at radius 3 is 2.41 bits per heavy atom. The quantitative estimate of drug-likeness (QED) is 0.501. The average molecular weight is 253 g/mol. The standard InChI is InChI=1S/C10H18F3N3O/c1-16(4-6-2-7(17)3-6)5-8(9(14)15)10(11,12)13/h6-8,17H,2-5H2,1H3,(H3,14,15). The van der Waals surface area contributed by atoms with Gasteiger partial charge < -0.3 is 15.7 Å². The number of hydrogen-bond donors (Lipinski definition) is 3. The van der Waals surface area contributed by atoms with Gasteiger partial charge in [-0.05, 0) is 25.8 Å². The number of rotatable bonds is 5. The molecule has 0 radical (unpaired) electrons. The van der Waals surface area contributed by atoms with E-state index in [1.54, 1.807) is 7.05 Å². The van der Waals surface area contributed by atoms with Gasteiger partial charge in [0.05, 0.1) is 6.10 Å². The molecule has 0 spiro atoms. The molecule has 0 aromatic rings. The topological polar surface area (TPSA) is 73.3 Å². The molecule has 4 nitrogen and oxygen atoms in total. The van der Waals surface area contributed by atoms with Crippen molar-refractivity contribution < 1.29 is 18.3 Å². The molecular weight excluding hydrogens is 235 g/mol. The minimum absolute atomic E-state index is 0.246. The van der Waals surface area contributed by atoms with Crippen LogP contribution < -0.4 is 5.73 Å². The number of nitrogens with one attached hydrogen (secondary N) is 1. The third kappa shape index (κ3) is 4.16. The van der Waals surface area contributed by atoms with Crippen molar-refractivity contribution in [2.75, 3.05) is 20.1 Å². The first-order valence-electron chi connectivity index (χ1n) is 5.47. The Balaban J connectivity index is 2.42. The maximum Gasteiger partial charge on any atom is 0.399 e. The molecule has 1 atom stereocenters. The van der Waals surface area contributed by atoms with E-state index in [0.717, 1.165) is 0 Å². The van der Waals surface area contributed by atoms with Gasteiger partial charge in [-0.15, -0.1) is 0 Å². The molecule has 0 heterocycles. The summed E-state index contributed by atoms with van der Waals surface area (Å²) >= 11 is 0. The molecular formula is C10H18F3N3O. The lowest BCUT2D eigenvalue weighted by molar-refractivity contribution is -0.160. The van der Waals surface area contributed by atoms with E-state index in [9.17, 15) is 13.2 Å². The molecule has 100 valence electrons. The summed E-state index contributed by atoms with van der Waals surface area (Å²) in [7, 11) is 1.58. The predicted molar refractivity (Wildman–Crippen MR) is 57.7 cm³/mol. The van der Waals surface area contributed by atoms with E-state index < -0.39 is 17.9 Å². The minimum Gasteiger partial charge on any atom is -0.393 e. The van der Waals surface area contributed by atoms with E-state index in [1.165, 1.54) is 4.90 Å². The van der Waals surface area contributed by atoms with Crippen molar-refractivity contribution in [3.05, 3.63) is 0 Å². The highest BCUT2D eigenvalue weighted by atomic mass is 19.4. The second-order valence-corrected chi connectivity index (χ2v) is 4.76. The van der Waals surface area contributed by atoms with Gasteiger partial charge >= 0.3 is 6.18 Å². The van der Waals surface area contributed by atoms with Gasteiger partial charge in [0, 0.05) is 13.1 Å². The van der Waals surface area contributed by atoms with Gasteiger partial charge in [0.2, 0.25) is 0 Å². The molecule has 1 unspecified atom stereocenters. The highest BCUT2D eigenvalue weighted by Crippen LogP contribution is 2.30. The zero-order valence-electron chi connectivity index (χ0n) is 9.67. The van der Waals surface area contributed by atoms with Crippen LogP contribution >= 0.6 is 0 Å². The van der Waals surface area contributed by atoms with Crippen molar-refractivity contribution in [1.29, 1.82) is 5.41 Å². The summed E-state index contributed by atoms with van der Waals surface area (Å²) in [5.74, 6) is -2.51. The van der Waals surface area contributed by atoms with Gasteiger partial charge in [0.15, 0.2) is 0 Å². The molecule has 0 amide bonds. The van der Waals surface area contributed by atoms with Gasteiger partial charge in [-0.1, -0.05) is 0 Å². The number of aliphatic hydroxyl groups excluding tert-OH is 1. The summed E-state index contributed by atoms with van der Waals surface area (Å²) in [6, 6.07) is 0. The summed E-state index contributed by atoms with van der Waals surface area (Å²) in [5, 5.41) is 16.0. The number of nitrogens with zero attached hydrogens (tertiary/aromatic N) is 1. The first kappa shape index (κ1) is 14.2. The molecule has 0 bridgehead atoms. The highest BCUT2D eigenvalue weighted by Gasteiger charge is 2.42. The van der Waals surface area contributed by atoms with Crippen molar-refractivity contribution in [1.82, 2.24) is 4.90 Å². The van der Waals surface area contributed by atoms with Gasteiger partial charge in [-0.2, -0.15) is 13.2 Å². The lowest BCUT2D eigenvalue weighted by Crippen LogP contribution is -2.45. The SMILES string of the molecule is CN(CC1CC(O)C1)CC(C(=N)N)C(F)(F)F. The molecule has 0 aromatic heterocycles. The minimum atomic E-state index is -4.47. The van der Waals surface area contributed by atoms with Crippen molar-refractivity contribution in [2.24, 2.45) is 17.6 Å². The average Bonchev–Trinajstić information content (AvgIpc) is 2.09. The predicted octanol–water partition coefficient (Wildman–Crippen LogP) is 0.804. The second-order valence-electron chi connectivity index (χ2n) is 4.76. The molecule has 1 fully saturated rings. The Morgan fingerprint density at radius 1 is 1.53 bits per heavy atom. The Hall–Kier alpha value is -0.820. The number of hydrogen-bond acceptors (Lipinski definition) is 3. The van der Waals surface area contributed by atoms with Gasteiger partial charge in [0.25, 0.3) is 0 Å². The first-order chi connectivity index (χ1) is 7.70. The van der Waals surface area contributed by atoms with Crippen LogP contribution in [0.15, 0.2) is 0 Å². The van der Waals surface area contributed by atoms with Crippen molar-refractivity contribution >= 4 is 5.84 Å². The van der Waals surface area contributed by atoms with Crippen LogP contribution in [0, 0.1) is 17.2 Å². The number of aliphatic hydroxyl groups is 1. The van der Waals surface area contributed by atoms with Crippen LogP contribution in [0.4, 0.5) is 13.2 Å². The largest absolute Gasteiger partial charge is 0.399 e. The van der Waals surface area contributed by atoms with Crippen molar-refractivity contribution in [3.63, 3.8) is 0 Å². The second kappa shape index (κ2) is 5.22. The molecule has 4 N–H and O–H groups in total. The number of alkyl halides is 3. The normalized spacial score (nSPS) is 26.7.